The Hall–Kier alpha value is -2.07. The fourth-order valence-corrected chi connectivity index (χ4v) is 2.12. The van der Waals surface area contributed by atoms with Crippen LogP contribution in [0.1, 0.15) is 17.2 Å². The number of primary amides is 1. The average Bonchev–Trinajstić information content (AvgIpc) is 2.39. The highest BCUT2D eigenvalue weighted by atomic mass is 35.5. The van der Waals surface area contributed by atoms with Crippen LogP contribution in [0.2, 0.25) is 5.02 Å². The van der Waals surface area contributed by atoms with E-state index in [1.54, 1.807) is 6.07 Å². The first-order valence-electron chi connectivity index (χ1n) is 6.05. The van der Waals surface area contributed by atoms with Gasteiger partial charge in [0.15, 0.2) is 0 Å². The predicted octanol–water partition coefficient (Wildman–Crippen LogP) is 3.43. The van der Waals surface area contributed by atoms with E-state index in [1.807, 2.05) is 25.1 Å². The van der Waals surface area contributed by atoms with Gasteiger partial charge in [0.25, 0.3) is 0 Å². The number of aryl methyl sites for hydroxylation is 1. The molecule has 0 heterocycles. The van der Waals surface area contributed by atoms with E-state index in [0.717, 1.165) is 5.56 Å². The number of amides is 1. The van der Waals surface area contributed by atoms with E-state index >= 15 is 0 Å². The molecule has 20 heavy (non-hydrogen) atoms. The molecule has 1 amide bonds. The molecular formula is C15H14ClFN2O. The summed E-state index contributed by atoms with van der Waals surface area (Å²) >= 11 is 5.85. The molecule has 0 spiro atoms. The predicted molar refractivity (Wildman–Crippen MR) is 78.1 cm³/mol. The molecule has 104 valence electrons. The first-order valence-corrected chi connectivity index (χ1v) is 6.42. The summed E-state index contributed by atoms with van der Waals surface area (Å²) in [6.07, 6.45) is 0. The molecule has 2 rings (SSSR count). The van der Waals surface area contributed by atoms with Crippen molar-refractivity contribution in [2.45, 2.75) is 13.0 Å². The van der Waals surface area contributed by atoms with Gasteiger partial charge in [-0.05, 0) is 42.8 Å². The zero-order valence-electron chi connectivity index (χ0n) is 10.9. The smallest absolute Gasteiger partial charge is 0.244 e. The van der Waals surface area contributed by atoms with Crippen molar-refractivity contribution in [1.82, 2.24) is 0 Å². The largest absolute Gasteiger partial charge is 0.370 e. The van der Waals surface area contributed by atoms with E-state index in [0.29, 0.717) is 10.7 Å². The van der Waals surface area contributed by atoms with Crippen molar-refractivity contribution in [3.8, 4) is 0 Å². The van der Waals surface area contributed by atoms with Crippen LogP contribution < -0.4 is 11.1 Å². The summed E-state index contributed by atoms with van der Waals surface area (Å²) in [7, 11) is 0. The van der Waals surface area contributed by atoms with Crippen molar-refractivity contribution < 1.29 is 9.18 Å². The second-order valence-electron chi connectivity index (χ2n) is 4.52. The second-order valence-corrected chi connectivity index (χ2v) is 4.95. The molecule has 5 heteroatoms. The molecule has 2 aromatic rings. The van der Waals surface area contributed by atoms with E-state index < -0.39 is 17.8 Å². The lowest BCUT2D eigenvalue weighted by atomic mass is 10.0. The molecule has 1 atom stereocenters. The molecular weight excluding hydrogens is 279 g/mol. The SMILES string of the molecule is Cc1cccc(NC(C(N)=O)c2cc(Cl)ccc2F)c1. The number of nitrogens with one attached hydrogen (secondary N) is 1. The van der Waals surface area contributed by atoms with Crippen molar-refractivity contribution in [1.29, 1.82) is 0 Å². The van der Waals surface area contributed by atoms with Crippen molar-refractivity contribution in [3.05, 3.63) is 64.4 Å². The van der Waals surface area contributed by atoms with Crippen molar-refractivity contribution >= 4 is 23.2 Å². The van der Waals surface area contributed by atoms with Crippen LogP contribution >= 0.6 is 11.6 Å². The topological polar surface area (TPSA) is 55.1 Å². The van der Waals surface area contributed by atoms with Crippen LogP contribution in [0.25, 0.3) is 0 Å². The lowest BCUT2D eigenvalue weighted by molar-refractivity contribution is -0.118. The van der Waals surface area contributed by atoms with Gasteiger partial charge in [0.2, 0.25) is 5.91 Å². The third kappa shape index (κ3) is 3.27. The Morgan fingerprint density at radius 2 is 2.05 bits per heavy atom. The maximum absolute atomic E-state index is 13.9. The van der Waals surface area contributed by atoms with Gasteiger partial charge in [-0.15, -0.1) is 0 Å². The van der Waals surface area contributed by atoms with Crippen LogP contribution in [0.3, 0.4) is 0 Å². The van der Waals surface area contributed by atoms with Crippen LogP contribution in [0.15, 0.2) is 42.5 Å². The van der Waals surface area contributed by atoms with Crippen LogP contribution in [0, 0.1) is 12.7 Å². The van der Waals surface area contributed by atoms with Gasteiger partial charge in [-0.25, -0.2) is 4.39 Å². The van der Waals surface area contributed by atoms with Gasteiger partial charge in [0.05, 0.1) is 0 Å². The van der Waals surface area contributed by atoms with Crippen LogP contribution in [-0.4, -0.2) is 5.91 Å². The van der Waals surface area contributed by atoms with E-state index in [-0.39, 0.29) is 5.56 Å². The normalized spacial score (nSPS) is 11.9. The number of rotatable bonds is 4. The molecule has 0 fully saturated rings. The van der Waals surface area contributed by atoms with Gasteiger partial charge in [-0.2, -0.15) is 0 Å². The second kappa shape index (κ2) is 5.92. The summed E-state index contributed by atoms with van der Waals surface area (Å²) in [6.45, 7) is 1.92. The summed E-state index contributed by atoms with van der Waals surface area (Å²) < 4.78 is 13.9. The van der Waals surface area contributed by atoms with Gasteiger partial charge in [0.1, 0.15) is 11.9 Å². The number of benzene rings is 2. The van der Waals surface area contributed by atoms with Gasteiger partial charge in [-0.3, -0.25) is 4.79 Å². The zero-order chi connectivity index (χ0) is 14.7. The molecule has 0 aliphatic rings. The summed E-state index contributed by atoms with van der Waals surface area (Å²) in [5.74, 6) is -1.20. The number of anilines is 1. The van der Waals surface area contributed by atoms with Crippen LogP contribution in [0.5, 0.6) is 0 Å². The fourth-order valence-electron chi connectivity index (χ4n) is 1.94. The zero-order valence-corrected chi connectivity index (χ0v) is 11.6. The third-order valence-electron chi connectivity index (χ3n) is 2.88. The minimum absolute atomic E-state index is 0.131. The summed E-state index contributed by atoms with van der Waals surface area (Å²) in [5, 5.41) is 3.28. The Kier molecular flexibility index (Phi) is 4.25. The van der Waals surface area contributed by atoms with Crippen molar-refractivity contribution in [2.24, 2.45) is 5.73 Å². The molecule has 0 saturated heterocycles. The number of hydrogen-bond acceptors (Lipinski definition) is 2. The number of carbonyl (C=O) groups excluding carboxylic acids is 1. The van der Waals surface area contributed by atoms with Gasteiger partial charge >= 0.3 is 0 Å². The molecule has 0 aliphatic carbocycles. The average molecular weight is 293 g/mol. The standard InChI is InChI=1S/C15H14ClFN2O/c1-9-3-2-4-11(7-9)19-14(15(18)20)12-8-10(16)5-6-13(12)17/h2-8,14,19H,1H3,(H2,18,20). The molecule has 2 aromatic carbocycles. The summed E-state index contributed by atoms with van der Waals surface area (Å²) in [4.78, 5) is 11.6. The highest BCUT2D eigenvalue weighted by molar-refractivity contribution is 6.30. The van der Waals surface area contributed by atoms with E-state index in [1.165, 1.54) is 18.2 Å². The Morgan fingerprint density at radius 3 is 2.70 bits per heavy atom. The van der Waals surface area contributed by atoms with Gasteiger partial charge in [-0.1, -0.05) is 23.7 Å². The molecule has 0 bridgehead atoms. The monoisotopic (exact) mass is 292 g/mol. The Labute approximate surface area is 121 Å². The highest BCUT2D eigenvalue weighted by Crippen LogP contribution is 2.25. The maximum atomic E-state index is 13.9. The number of nitrogens with two attached hydrogens (primary N) is 1. The Morgan fingerprint density at radius 1 is 1.30 bits per heavy atom. The Balaban J connectivity index is 2.37. The number of carbonyl (C=O) groups is 1. The van der Waals surface area contributed by atoms with Gasteiger partial charge < -0.3 is 11.1 Å². The summed E-state index contributed by atoms with van der Waals surface area (Å²) in [6, 6.07) is 10.4. The van der Waals surface area contributed by atoms with Gasteiger partial charge in [0, 0.05) is 16.3 Å². The molecule has 0 aliphatic heterocycles. The molecule has 0 radical (unpaired) electrons. The van der Waals surface area contributed by atoms with E-state index in [2.05, 4.69) is 5.32 Å². The Bertz CT molecular complexity index is 646. The first-order chi connectivity index (χ1) is 9.47. The first kappa shape index (κ1) is 14.3. The maximum Gasteiger partial charge on any atom is 0.244 e. The van der Waals surface area contributed by atoms with E-state index in [4.69, 9.17) is 17.3 Å². The fraction of sp³-hybridized carbons (Fsp3) is 0.133. The lowest BCUT2D eigenvalue weighted by Crippen LogP contribution is -2.28. The summed E-state index contributed by atoms with van der Waals surface area (Å²) in [5.41, 5.74) is 7.20. The van der Waals surface area contributed by atoms with E-state index in [9.17, 15) is 9.18 Å². The molecule has 0 saturated carbocycles. The number of hydrogen-bond donors (Lipinski definition) is 2. The molecule has 3 nitrogen and oxygen atoms in total. The van der Waals surface area contributed by atoms with Crippen LogP contribution in [0.4, 0.5) is 10.1 Å². The van der Waals surface area contributed by atoms with Crippen molar-refractivity contribution in [2.75, 3.05) is 5.32 Å². The van der Waals surface area contributed by atoms with Crippen LogP contribution in [-0.2, 0) is 4.79 Å². The molecule has 3 N–H and O–H groups in total. The lowest BCUT2D eigenvalue weighted by Gasteiger charge is -2.18. The quantitative estimate of drug-likeness (QED) is 0.907. The molecule has 0 aromatic heterocycles. The minimum atomic E-state index is -0.976. The third-order valence-corrected chi connectivity index (χ3v) is 3.12. The van der Waals surface area contributed by atoms with Crippen molar-refractivity contribution in [3.63, 3.8) is 0 Å². The molecule has 1 unspecified atom stereocenters. The highest BCUT2D eigenvalue weighted by Gasteiger charge is 2.21. The number of halogens is 2. The minimum Gasteiger partial charge on any atom is -0.370 e.